The fourth-order valence-corrected chi connectivity index (χ4v) is 8.95. The lowest BCUT2D eigenvalue weighted by molar-refractivity contribution is 0.00578. The Morgan fingerprint density at radius 1 is 0.400 bits per heavy atom. The zero-order valence-electron chi connectivity index (χ0n) is 42.1. The van der Waals surface area contributed by atoms with E-state index in [9.17, 15) is 0 Å². The molecule has 0 amide bonds. The van der Waals surface area contributed by atoms with Crippen molar-refractivity contribution in [3.05, 3.63) is 204 Å². The van der Waals surface area contributed by atoms with Crippen LogP contribution in [-0.2, 0) is 9.31 Å². The van der Waals surface area contributed by atoms with E-state index in [1.807, 2.05) is 0 Å². The Labute approximate surface area is 440 Å². The van der Waals surface area contributed by atoms with Crippen LogP contribution in [0.3, 0.4) is 0 Å². The molecule has 0 N–H and O–H groups in total. The fraction of sp³-hybridized carbons (Fsp3) is 0.241. The normalized spacial score (nSPS) is 13.4. The first-order valence-corrected chi connectivity index (χ1v) is 25.6. The van der Waals surface area contributed by atoms with Gasteiger partial charge in [0.25, 0.3) is 0 Å². The van der Waals surface area contributed by atoms with Crippen molar-refractivity contribution in [2.75, 3.05) is 9.80 Å². The van der Waals surface area contributed by atoms with Crippen LogP contribution in [0.1, 0.15) is 72.2 Å². The van der Waals surface area contributed by atoms with Crippen LogP contribution < -0.4 is 15.3 Å². The molecule has 0 atom stereocenters. The maximum Gasteiger partial charge on any atom is 0.494 e. The van der Waals surface area contributed by atoms with Gasteiger partial charge in [0.05, 0.1) is 41.7 Å². The quantitative estimate of drug-likeness (QED) is 0.139. The van der Waals surface area contributed by atoms with E-state index in [1.54, 1.807) is 24.8 Å². The summed E-state index contributed by atoms with van der Waals surface area (Å²) < 4.78 is 14.7. The van der Waals surface area contributed by atoms with Crippen molar-refractivity contribution in [2.24, 2.45) is 0 Å². The minimum Gasteiger partial charge on any atom is -0.399 e. The standard InChI is InChI=1S/C28H34BNO2.C26H24BrN3.C4H2Br2N2/c1-19-9-15-25(21(3)17-19)30(26-16-10-20(2)18-22(26)4)24-13-11-23(12-14-24)29-31-27(5,6)28(7,8)32-29;1-17-5-11-24(19(3)13-17)30(25-12-6-18(2)14-20(25)4)22-9-7-21(8-10-22)23-15-29-26(27)16-28-23;5-3-1-7-4(6)2-8-3/h9-18H,1-8H3;5-16H,1-4H3;1-2H. The van der Waals surface area contributed by atoms with Gasteiger partial charge in [0.15, 0.2) is 0 Å². The molecule has 0 saturated carbocycles. The van der Waals surface area contributed by atoms with Gasteiger partial charge in [-0.3, -0.25) is 4.98 Å². The highest BCUT2D eigenvalue weighted by atomic mass is 79.9. The van der Waals surface area contributed by atoms with Crippen molar-refractivity contribution >= 4 is 94.5 Å². The Bertz CT molecular complexity index is 2940. The summed E-state index contributed by atoms with van der Waals surface area (Å²) in [5, 5.41) is 0. The molecule has 0 spiro atoms. The number of hydrogen-bond acceptors (Lipinski definition) is 8. The van der Waals surface area contributed by atoms with Gasteiger partial charge in [-0.1, -0.05) is 95.1 Å². The van der Waals surface area contributed by atoms with Crippen LogP contribution in [0.2, 0.25) is 0 Å². The van der Waals surface area contributed by atoms with E-state index < -0.39 is 0 Å². The van der Waals surface area contributed by atoms with Crippen LogP contribution in [0.5, 0.6) is 0 Å². The molecule has 70 heavy (non-hydrogen) atoms. The lowest BCUT2D eigenvalue weighted by Gasteiger charge is -2.32. The van der Waals surface area contributed by atoms with Gasteiger partial charge in [0.2, 0.25) is 0 Å². The molecule has 358 valence electrons. The summed E-state index contributed by atoms with van der Waals surface area (Å²) in [6, 6.07) is 43.6. The van der Waals surface area contributed by atoms with Gasteiger partial charge >= 0.3 is 7.12 Å². The molecule has 1 fully saturated rings. The van der Waals surface area contributed by atoms with E-state index >= 15 is 0 Å². The van der Waals surface area contributed by atoms with E-state index in [1.165, 1.54) is 67.3 Å². The third-order valence-corrected chi connectivity index (χ3v) is 13.9. The van der Waals surface area contributed by atoms with Crippen LogP contribution >= 0.6 is 47.8 Å². The van der Waals surface area contributed by atoms with Gasteiger partial charge in [-0.05, 0) is 207 Å². The van der Waals surface area contributed by atoms with Crippen LogP contribution in [0.4, 0.5) is 34.1 Å². The van der Waals surface area contributed by atoms with Crippen LogP contribution in [-0.4, -0.2) is 38.3 Å². The van der Waals surface area contributed by atoms with E-state index in [0.717, 1.165) is 41.9 Å². The number of hydrogen-bond donors (Lipinski definition) is 0. The second-order valence-electron chi connectivity index (χ2n) is 18.9. The monoisotopic (exact) mass is 1120 g/mol. The molecule has 1 aliphatic rings. The van der Waals surface area contributed by atoms with Gasteiger partial charge in [-0.25, -0.2) is 15.0 Å². The number of rotatable bonds is 8. The number of halogens is 3. The molecule has 3 heterocycles. The lowest BCUT2D eigenvalue weighted by Crippen LogP contribution is -2.41. The molecule has 8 nitrogen and oxygen atoms in total. The van der Waals surface area contributed by atoms with Crippen LogP contribution in [0, 0.1) is 55.4 Å². The smallest absolute Gasteiger partial charge is 0.399 e. The molecule has 9 rings (SSSR count). The summed E-state index contributed by atoms with van der Waals surface area (Å²) in [4.78, 5) is 21.2. The van der Waals surface area contributed by atoms with Crippen molar-refractivity contribution in [3.63, 3.8) is 0 Å². The summed E-state index contributed by atoms with van der Waals surface area (Å²) in [6.45, 7) is 25.6. The maximum absolute atomic E-state index is 6.25. The lowest BCUT2D eigenvalue weighted by atomic mass is 9.79. The van der Waals surface area contributed by atoms with Crippen LogP contribution in [0.15, 0.2) is 160 Å². The first-order chi connectivity index (χ1) is 33.2. The molecule has 6 aromatic carbocycles. The summed E-state index contributed by atoms with van der Waals surface area (Å²) in [7, 11) is -0.357. The van der Waals surface area contributed by atoms with Gasteiger partial charge in [-0.15, -0.1) is 0 Å². The first-order valence-electron chi connectivity index (χ1n) is 23.3. The van der Waals surface area contributed by atoms with Crippen molar-refractivity contribution < 1.29 is 9.31 Å². The Morgan fingerprint density at radius 3 is 1.01 bits per heavy atom. The SMILES string of the molecule is Brc1cnc(Br)cn1.Cc1ccc(N(c2ccc(-c3cnc(Br)cn3)cc2)c2ccc(C)cc2C)c(C)c1.Cc1ccc(N(c2ccc(B3OC(C)(C)C(C)(C)O3)cc2)c2ccc(C)cc2C)c(C)c1. The first kappa shape index (κ1) is 52.3. The topological polar surface area (TPSA) is 76.5 Å². The number of anilines is 6. The number of aryl methyl sites for hydroxylation is 8. The van der Waals surface area contributed by atoms with E-state index in [4.69, 9.17) is 9.31 Å². The molecule has 12 heteroatoms. The highest BCUT2D eigenvalue weighted by molar-refractivity contribution is 9.11. The van der Waals surface area contributed by atoms with Gasteiger partial charge in [-0.2, -0.15) is 0 Å². The van der Waals surface area contributed by atoms with Crippen molar-refractivity contribution in [3.8, 4) is 11.3 Å². The third-order valence-electron chi connectivity index (χ3n) is 12.7. The minimum atomic E-state index is -0.357. The molecule has 8 aromatic rings. The van der Waals surface area contributed by atoms with Crippen molar-refractivity contribution in [1.82, 2.24) is 19.9 Å². The maximum atomic E-state index is 6.25. The van der Waals surface area contributed by atoms with E-state index in [2.05, 4.69) is 282 Å². The molecule has 0 radical (unpaired) electrons. The highest BCUT2D eigenvalue weighted by Gasteiger charge is 2.51. The van der Waals surface area contributed by atoms with Crippen LogP contribution in [0.25, 0.3) is 11.3 Å². The van der Waals surface area contributed by atoms with Gasteiger partial charge in [0, 0.05) is 39.7 Å². The number of benzene rings is 6. The molecule has 0 unspecified atom stereocenters. The van der Waals surface area contributed by atoms with Gasteiger partial charge < -0.3 is 19.1 Å². The Hall–Kier alpha value is -5.50. The number of aromatic nitrogens is 4. The van der Waals surface area contributed by atoms with Crippen molar-refractivity contribution in [2.45, 2.75) is 94.3 Å². The summed E-state index contributed by atoms with van der Waals surface area (Å²) in [6.07, 6.45) is 6.76. The average Bonchev–Trinajstić information content (AvgIpc) is 3.54. The Morgan fingerprint density at radius 2 is 0.714 bits per heavy atom. The highest BCUT2D eigenvalue weighted by Crippen LogP contribution is 2.41. The molecule has 1 saturated heterocycles. The largest absolute Gasteiger partial charge is 0.494 e. The van der Waals surface area contributed by atoms with Crippen molar-refractivity contribution in [1.29, 1.82) is 0 Å². The minimum absolute atomic E-state index is 0.347. The Balaban J connectivity index is 0.000000178. The van der Waals surface area contributed by atoms with Gasteiger partial charge in [0.1, 0.15) is 13.8 Å². The summed E-state index contributed by atoms with van der Waals surface area (Å²) >= 11 is 9.65. The molecular formula is C58H60BBr3N6O2. The zero-order valence-corrected chi connectivity index (χ0v) is 46.8. The van der Waals surface area contributed by atoms with E-state index in [0.29, 0.717) is 0 Å². The Kier molecular flexibility index (Phi) is 16.7. The fourth-order valence-electron chi connectivity index (χ4n) is 8.34. The zero-order chi connectivity index (χ0) is 50.5. The second-order valence-corrected chi connectivity index (χ2v) is 21.4. The second kappa shape index (κ2) is 22.3. The molecule has 2 aromatic heterocycles. The molecule has 0 bridgehead atoms. The average molecular weight is 1120 g/mol. The number of nitrogens with zero attached hydrogens (tertiary/aromatic N) is 6. The molecule has 1 aliphatic heterocycles. The summed E-state index contributed by atoms with van der Waals surface area (Å²) in [5.74, 6) is 0. The predicted molar refractivity (Wildman–Crippen MR) is 302 cm³/mol. The third kappa shape index (κ3) is 12.5. The predicted octanol–water partition coefficient (Wildman–Crippen LogP) is 16.3. The van der Waals surface area contributed by atoms with E-state index in [-0.39, 0.29) is 18.3 Å². The molecular weight excluding hydrogens is 1060 g/mol. The molecule has 0 aliphatic carbocycles. The summed E-state index contributed by atoms with van der Waals surface area (Å²) in [5.41, 5.74) is 19.3.